The molecule has 1 amide bonds. The van der Waals surface area contributed by atoms with Crippen LogP contribution >= 0.6 is 11.6 Å². The molecule has 0 saturated carbocycles. The molecule has 0 unspecified atom stereocenters. The summed E-state index contributed by atoms with van der Waals surface area (Å²) in [6.07, 6.45) is 4.23. The van der Waals surface area contributed by atoms with E-state index in [2.05, 4.69) is 24.1 Å². The van der Waals surface area contributed by atoms with Gasteiger partial charge in [0.2, 0.25) is 5.15 Å². The zero-order chi connectivity index (χ0) is 15.1. The van der Waals surface area contributed by atoms with Gasteiger partial charge in [-0.15, -0.1) is 0 Å². The van der Waals surface area contributed by atoms with E-state index >= 15 is 0 Å². The second kappa shape index (κ2) is 7.79. The van der Waals surface area contributed by atoms with E-state index in [1.807, 2.05) is 0 Å². The number of pyridine rings is 1. The molecule has 1 heterocycles. The van der Waals surface area contributed by atoms with Crippen molar-refractivity contribution in [2.75, 3.05) is 6.54 Å². The van der Waals surface area contributed by atoms with Crippen molar-refractivity contribution in [3.8, 4) is 0 Å². The number of aromatic nitrogens is 1. The monoisotopic (exact) mass is 299 g/mol. The van der Waals surface area contributed by atoms with Crippen molar-refractivity contribution < 1.29 is 9.72 Å². The third kappa shape index (κ3) is 4.77. The topological polar surface area (TPSA) is 85.1 Å². The highest BCUT2D eigenvalue weighted by atomic mass is 35.5. The second-order valence-corrected chi connectivity index (χ2v) is 5.26. The van der Waals surface area contributed by atoms with E-state index in [1.54, 1.807) is 0 Å². The van der Waals surface area contributed by atoms with Gasteiger partial charge in [-0.25, -0.2) is 4.98 Å². The molecule has 6 nitrogen and oxygen atoms in total. The average Bonchev–Trinajstić information content (AvgIpc) is 2.36. The number of hydrogen-bond acceptors (Lipinski definition) is 4. The fourth-order valence-corrected chi connectivity index (χ4v) is 1.99. The molecule has 0 aliphatic rings. The van der Waals surface area contributed by atoms with E-state index in [9.17, 15) is 14.9 Å². The van der Waals surface area contributed by atoms with E-state index < -0.39 is 16.5 Å². The Morgan fingerprint density at radius 1 is 1.50 bits per heavy atom. The van der Waals surface area contributed by atoms with Gasteiger partial charge in [-0.1, -0.05) is 38.3 Å². The molecule has 1 N–H and O–H groups in total. The van der Waals surface area contributed by atoms with Crippen LogP contribution in [-0.4, -0.2) is 22.4 Å². The zero-order valence-corrected chi connectivity index (χ0v) is 12.3. The summed E-state index contributed by atoms with van der Waals surface area (Å²) in [5, 5.41) is 13.3. The molecule has 1 aromatic heterocycles. The first kappa shape index (κ1) is 16.4. The molecule has 0 bridgehead atoms. The van der Waals surface area contributed by atoms with Gasteiger partial charge in [0.05, 0.1) is 4.92 Å². The second-order valence-electron chi connectivity index (χ2n) is 4.90. The Balaban J connectivity index is 2.60. The van der Waals surface area contributed by atoms with Crippen LogP contribution in [0.3, 0.4) is 0 Å². The first-order chi connectivity index (χ1) is 9.43. The summed E-state index contributed by atoms with van der Waals surface area (Å²) >= 11 is 5.65. The van der Waals surface area contributed by atoms with E-state index in [1.165, 1.54) is 12.3 Å². The molecule has 0 fully saturated rings. The highest BCUT2D eigenvalue weighted by Gasteiger charge is 2.24. The smallest absolute Gasteiger partial charge is 0.319 e. The van der Waals surface area contributed by atoms with Gasteiger partial charge in [-0.3, -0.25) is 14.9 Å². The van der Waals surface area contributed by atoms with Gasteiger partial charge < -0.3 is 5.32 Å². The van der Waals surface area contributed by atoms with Crippen molar-refractivity contribution in [1.29, 1.82) is 0 Å². The molecular weight excluding hydrogens is 282 g/mol. The fraction of sp³-hybridized carbons (Fsp3) is 0.538. The standard InChI is InChI=1S/C13H18ClN3O3/c1-9(2)5-3-4-7-16-13(18)10-6-8-15-12(14)11(10)17(19)20/h6,8-9H,3-5,7H2,1-2H3,(H,16,18). The van der Waals surface area contributed by atoms with Crippen LogP contribution < -0.4 is 5.32 Å². The van der Waals surface area contributed by atoms with Crippen LogP contribution in [0.1, 0.15) is 43.5 Å². The Kier molecular flexibility index (Phi) is 6.38. The van der Waals surface area contributed by atoms with Crippen LogP contribution in [0.5, 0.6) is 0 Å². The molecule has 0 spiro atoms. The lowest BCUT2D eigenvalue weighted by molar-refractivity contribution is -0.385. The predicted octanol–water partition coefficient (Wildman–Crippen LogP) is 3.20. The van der Waals surface area contributed by atoms with Crippen molar-refractivity contribution in [2.45, 2.75) is 33.1 Å². The minimum absolute atomic E-state index is 0.0566. The minimum Gasteiger partial charge on any atom is -0.352 e. The predicted molar refractivity (Wildman–Crippen MR) is 76.9 cm³/mol. The van der Waals surface area contributed by atoms with Gasteiger partial charge in [0.1, 0.15) is 5.56 Å². The average molecular weight is 300 g/mol. The summed E-state index contributed by atoms with van der Waals surface area (Å²) in [7, 11) is 0. The lowest BCUT2D eigenvalue weighted by Gasteiger charge is -2.07. The number of carbonyl (C=O) groups excluding carboxylic acids is 1. The molecule has 0 aliphatic heterocycles. The molecule has 110 valence electrons. The van der Waals surface area contributed by atoms with Crippen LogP contribution in [0, 0.1) is 16.0 Å². The Morgan fingerprint density at radius 2 is 2.20 bits per heavy atom. The van der Waals surface area contributed by atoms with Gasteiger partial charge in [0.15, 0.2) is 0 Å². The van der Waals surface area contributed by atoms with Gasteiger partial charge in [0.25, 0.3) is 5.91 Å². The number of unbranched alkanes of at least 4 members (excludes halogenated alkanes) is 1. The summed E-state index contributed by atoms with van der Waals surface area (Å²) in [5.41, 5.74) is -0.507. The number of halogens is 1. The van der Waals surface area contributed by atoms with Crippen molar-refractivity contribution in [1.82, 2.24) is 10.3 Å². The lowest BCUT2D eigenvalue weighted by atomic mass is 10.1. The summed E-state index contributed by atoms with van der Waals surface area (Å²) < 4.78 is 0. The van der Waals surface area contributed by atoms with Crippen molar-refractivity contribution in [3.63, 3.8) is 0 Å². The number of carbonyl (C=O) groups is 1. The van der Waals surface area contributed by atoms with Crippen molar-refractivity contribution in [3.05, 3.63) is 33.1 Å². The summed E-state index contributed by atoms with van der Waals surface area (Å²) in [6.45, 7) is 4.77. The first-order valence-electron chi connectivity index (χ1n) is 6.50. The highest BCUT2D eigenvalue weighted by molar-refractivity contribution is 6.32. The number of nitrogens with zero attached hydrogens (tertiary/aromatic N) is 2. The maximum Gasteiger partial charge on any atom is 0.319 e. The first-order valence-corrected chi connectivity index (χ1v) is 6.88. The Labute approximate surface area is 122 Å². The van der Waals surface area contributed by atoms with Gasteiger partial charge in [-0.05, 0) is 18.4 Å². The fourth-order valence-electron chi connectivity index (χ4n) is 1.76. The molecule has 0 radical (unpaired) electrons. The van der Waals surface area contributed by atoms with E-state index in [-0.39, 0.29) is 10.7 Å². The third-order valence-electron chi connectivity index (χ3n) is 2.80. The molecule has 0 aliphatic carbocycles. The SMILES string of the molecule is CC(C)CCCCNC(=O)c1ccnc(Cl)c1[N+](=O)[O-]. The summed E-state index contributed by atoms with van der Waals surface area (Å²) in [5.74, 6) is 0.136. The lowest BCUT2D eigenvalue weighted by Crippen LogP contribution is -2.25. The number of amides is 1. The van der Waals surface area contributed by atoms with Crippen LogP contribution in [0.2, 0.25) is 5.15 Å². The number of nitrogens with one attached hydrogen (secondary N) is 1. The highest BCUT2D eigenvalue weighted by Crippen LogP contribution is 2.25. The van der Waals surface area contributed by atoms with Crippen LogP contribution in [-0.2, 0) is 0 Å². The molecular formula is C13H18ClN3O3. The van der Waals surface area contributed by atoms with Gasteiger partial charge in [-0.2, -0.15) is 0 Å². The van der Waals surface area contributed by atoms with Crippen LogP contribution in [0.15, 0.2) is 12.3 Å². The molecule has 1 rings (SSSR count). The maximum atomic E-state index is 11.9. The Bertz CT molecular complexity index is 492. The summed E-state index contributed by atoms with van der Waals surface area (Å²) in [6, 6.07) is 1.30. The molecule has 0 aromatic carbocycles. The largest absolute Gasteiger partial charge is 0.352 e. The number of nitro groups is 1. The van der Waals surface area contributed by atoms with Crippen molar-refractivity contribution >= 4 is 23.2 Å². The van der Waals surface area contributed by atoms with Gasteiger partial charge >= 0.3 is 5.69 Å². The number of hydrogen-bond donors (Lipinski definition) is 1. The van der Waals surface area contributed by atoms with E-state index in [4.69, 9.17) is 11.6 Å². The molecule has 7 heteroatoms. The molecule has 1 aromatic rings. The van der Waals surface area contributed by atoms with E-state index in [0.29, 0.717) is 12.5 Å². The maximum absolute atomic E-state index is 11.9. The van der Waals surface area contributed by atoms with Gasteiger partial charge in [0, 0.05) is 12.7 Å². The van der Waals surface area contributed by atoms with Crippen LogP contribution in [0.4, 0.5) is 5.69 Å². The normalized spacial score (nSPS) is 10.6. The Hall–Kier alpha value is -1.69. The van der Waals surface area contributed by atoms with E-state index in [0.717, 1.165) is 19.3 Å². The summed E-state index contributed by atoms with van der Waals surface area (Å²) in [4.78, 5) is 25.7. The molecule has 0 saturated heterocycles. The molecule has 20 heavy (non-hydrogen) atoms. The zero-order valence-electron chi connectivity index (χ0n) is 11.6. The molecule has 0 atom stereocenters. The third-order valence-corrected chi connectivity index (χ3v) is 3.08. The minimum atomic E-state index is -0.691. The number of rotatable bonds is 7. The Morgan fingerprint density at radius 3 is 2.80 bits per heavy atom. The van der Waals surface area contributed by atoms with Crippen molar-refractivity contribution in [2.24, 2.45) is 5.92 Å². The quantitative estimate of drug-likeness (QED) is 0.362. The van der Waals surface area contributed by atoms with Crippen LogP contribution in [0.25, 0.3) is 0 Å².